The molecule has 32 heavy (non-hydrogen) atoms. The lowest BCUT2D eigenvalue weighted by atomic mass is 9.84. The van der Waals surface area contributed by atoms with Crippen LogP contribution in [0.15, 0.2) is 60.7 Å². The second-order valence-electron chi connectivity index (χ2n) is 7.90. The predicted octanol–water partition coefficient (Wildman–Crippen LogP) is 3.98. The van der Waals surface area contributed by atoms with Crippen LogP contribution < -0.4 is 4.90 Å². The van der Waals surface area contributed by atoms with E-state index in [0.29, 0.717) is 44.6 Å². The molecule has 3 rings (SSSR count). The summed E-state index contributed by atoms with van der Waals surface area (Å²) in [5.41, 5.74) is 0.538. The Bertz CT molecular complexity index is 855. The monoisotopic (exact) mass is 460 g/mol. The Labute approximate surface area is 196 Å². The van der Waals surface area contributed by atoms with Crippen LogP contribution in [0.5, 0.6) is 0 Å². The third-order valence-corrected chi connectivity index (χ3v) is 5.95. The third kappa shape index (κ3) is 5.68. The highest BCUT2D eigenvalue weighted by Crippen LogP contribution is 2.36. The number of anilines is 1. The van der Waals surface area contributed by atoms with Crippen molar-refractivity contribution in [1.82, 2.24) is 4.90 Å². The molecule has 1 heterocycles. The summed E-state index contributed by atoms with van der Waals surface area (Å²) in [4.78, 5) is 30.1. The molecule has 0 saturated carbocycles. The molecule has 1 unspecified atom stereocenters. The van der Waals surface area contributed by atoms with E-state index in [1.54, 1.807) is 11.8 Å². The predicted molar refractivity (Wildman–Crippen MR) is 128 cm³/mol. The lowest BCUT2D eigenvalue weighted by Crippen LogP contribution is -2.63. The maximum absolute atomic E-state index is 13.2. The minimum Gasteiger partial charge on any atom is -0.464 e. The molecule has 7 heteroatoms. The standard InChI is InChI=1S/C25H32N2O4.ClH/c1-3-23(29)27(21-13-9-6-10-14-21)25(24(30)31-4-2)15-17-26(18-16-25)19-22(28)20-11-7-5-8-12-20;/h5-14,22,28H,3-4,15-19H2,1-2H3;1H. The number of ether oxygens (including phenoxy) is 1. The van der Waals surface area contributed by atoms with E-state index in [2.05, 4.69) is 4.90 Å². The van der Waals surface area contributed by atoms with Crippen molar-refractivity contribution in [3.63, 3.8) is 0 Å². The average Bonchev–Trinajstić information content (AvgIpc) is 2.81. The van der Waals surface area contributed by atoms with Gasteiger partial charge >= 0.3 is 5.97 Å². The molecule has 0 bridgehead atoms. The number of rotatable bonds is 8. The average molecular weight is 461 g/mol. The maximum Gasteiger partial charge on any atom is 0.332 e. The molecule has 0 aliphatic carbocycles. The molecule has 1 amide bonds. The van der Waals surface area contributed by atoms with E-state index in [4.69, 9.17) is 4.74 Å². The van der Waals surface area contributed by atoms with Crippen molar-refractivity contribution in [2.75, 3.05) is 31.1 Å². The second-order valence-corrected chi connectivity index (χ2v) is 7.90. The number of amides is 1. The lowest BCUT2D eigenvalue weighted by molar-refractivity contribution is -0.153. The number of carbonyl (C=O) groups is 2. The molecule has 174 valence electrons. The van der Waals surface area contributed by atoms with Gasteiger partial charge in [-0.1, -0.05) is 55.5 Å². The molecule has 6 nitrogen and oxygen atoms in total. The van der Waals surface area contributed by atoms with Crippen molar-refractivity contribution in [3.8, 4) is 0 Å². The molecule has 2 aromatic carbocycles. The number of piperidine rings is 1. The van der Waals surface area contributed by atoms with Crippen molar-refractivity contribution >= 4 is 30.0 Å². The molecule has 1 aliphatic heterocycles. The first-order chi connectivity index (χ1) is 15.0. The van der Waals surface area contributed by atoms with Gasteiger partial charge in [-0.3, -0.25) is 9.69 Å². The summed E-state index contributed by atoms with van der Waals surface area (Å²) >= 11 is 0. The van der Waals surface area contributed by atoms with Crippen molar-refractivity contribution < 1.29 is 19.4 Å². The van der Waals surface area contributed by atoms with E-state index in [9.17, 15) is 14.7 Å². The van der Waals surface area contributed by atoms with Crippen molar-refractivity contribution in [2.24, 2.45) is 0 Å². The Morgan fingerprint density at radius 2 is 1.59 bits per heavy atom. The number of hydrogen-bond acceptors (Lipinski definition) is 5. The van der Waals surface area contributed by atoms with Crippen LogP contribution in [0.2, 0.25) is 0 Å². The highest BCUT2D eigenvalue weighted by Gasteiger charge is 2.50. The summed E-state index contributed by atoms with van der Waals surface area (Å²) in [6, 6.07) is 18.9. The first kappa shape index (κ1) is 25.8. The maximum atomic E-state index is 13.2. The molecule has 0 spiro atoms. The molecule has 1 fully saturated rings. The van der Waals surface area contributed by atoms with Gasteiger partial charge in [0.1, 0.15) is 5.54 Å². The number of aliphatic hydroxyl groups excluding tert-OH is 1. The number of β-amino-alcohol motifs (C(OH)–C–C–N with tert-alkyl or cyclic N) is 1. The largest absolute Gasteiger partial charge is 0.464 e. The summed E-state index contributed by atoms with van der Waals surface area (Å²) < 4.78 is 5.47. The summed E-state index contributed by atoms with van der Waals surface area (Å²) in [5, 5.41) is 10.6. The number of aliphatic hydroxyl groups is 1. The van der Waals surface area contributed by atoms with Crippen LogP contribution in [0, 0.1) is 0 Å². The van der Waals surface area contributed by atoms with E-state index in [-0.39, 0.29) is 30.9 Å². The Kier molecular flexibility index (Phi) is 9.69. The molecule has 1 aliphatic rings. The number of likely N-dealkylation sites (tertiary alicyclic amines) is 1. The Hall–Kier alpha value is -2.41. The molecule has 1 N–H and O–H groups in total. The summed E-state index contributed by atoms with van der Waals surface area (Å²) in [5.74, 6) is -0.457. The van der Waals surface area contributed by atoms with E-state index in [0.717, 1.165) is 5.56 Å². The van der Waals surface area contributed by atoms with Gasteiger partial charge in [-0.15, -0.1) is 12.4 Å². The van der Waals surface area contributed by atoms with Gasteiger partial charge in [0.2, 0.25) is 5.91 Å². The van der Waals surface area contributed by atoms with Crippen LogP contribution in [0.25, 0.3) is 0 Å². The van der Waals surface area contributed by atoms with E-state index in [1.165, 1.54) is 0 Å². The van der Waals surface area contributed by atoms with Crippen LogP contribution in [-0.4, -0.2) is 53.7 Å². The van der Waals surface area contributed by atoms with Gasteiger partial charge in [-0.2, -0.15) is 0 Å². The highest BCUT2D eigenvalue weighted by molar-refractivity contribution is 6.02. The number of nitrogens with zero attached hydrogens (tertiary/aromatic N) is 2. The number of carbonyl (C=O) groups excluding carboxylic acids is 2. The number of esters is 1. The number of halogens is 1. The highest BCUT2D eigenvalue weighted by atomic mass is 35.5. The van der Waals surface area contributed by atoms with Gasteiger partial charge in [-0.05, 0) is 37.5 Å². The zero-order valence-corrected chi connectivity index (χ0v) is 19.6. The smallest absolute Gasteiger partial charge is 0.332 e. The number of benzene rings is 2. The van der Waals surface area contributed by atoms with E-state index >= 15 is 0 Å². The van der Waals surface area contributed by atoms with Crippen LogP contribution in [0.3, 0.4) is 0 Å². The van der Waals surface area contributed by atoms with Gasteiger partial charge in [0, 0.05) is 31.7 Å². The minimum atomic E-state index is -1.04. The van der Waals surface area contributed by atoms with Crippen LogP contribution in [0.1, 0.15) is 44.8 Å². The molecule has 0 radical (unpaired) electrons. The molecule has 2 aromatic rings. The fraction of sp³-hybridized carbons (Fsp3) is 0.440. The summed E-state index contributed by atoms with van der Waals surface area (Å²) in [6.45, 7) is 5.51. The zero-order valence-electron chi connectivity index (χ0n) is 18.8. The van der Waals surface area contributed by atoms with Crippen LogP contribution in [-0.2, 0) is 14.3 Å². The first-order valence-electron chi connectivity index (χ1n) is 11.0. The van der Waals surface area contributed by atoms with Gasteiger partial charge in [0.15, 0.2) is 0 Å². The van der Waals surface area contributed by atoms with Crippen molar-refractivity contribution in [3.05, 3.63) is 66.2 Å². The SMILES string of the molecule is CCOC(=O)C1(N(C(=O)CC)c2ccccc2)CCN(CC(O)c2ccccc2)CC1.Cl. The molecule has 0 aromatic heterocycles. The molecule has 1 saturated heterocycles. The Balaban J connectivity index is 0.00000363. The Morgan fingerprint density at radius 1 is 1.03 bits per heavy atom. The van der Waals surface area contributed by atoms with Crippen molar-refractivity contribution in [2.45, 2.75) is 44.8 Å². The molecular weight excluding hydrogens is 428 g/mol. The topological polar surface area (TPSA) is 70.1 Å². The fourth-order valence-corrected chi connectivity index (χ4v) is 4.28. The number of hydrogen-bond donors (Lipinski definition) is 1. The fourth-order valence-electron chi connectivity index (χ4n) is 4.28. The Morgan fingerprint density at radius 3 is 2.12 bits per heavy atom. The lowest BCUT2D eigenvalue weighted by Gasteiger charge is -2.47. The second kappa shape index (κ2) is 12.0. The van der Waals surface area contributed by atoms with Gasteiger partial charge in [-0.25, -0.2) is 4.79 Å². The third-order valence-electron chi connectivity index (χ3n) is 5.95. The summed E-state index contributed by atoms with van der Waals surface area (Å²) in [6.07, 6.45) is 0.604. The normalized spacial score (nSPS) is 16.5. The first-order valence-corrected chi connectivity index (χ1v) is 11.0. The minimum absolute atomic E-state index is 0. The van der Waals surface area contributed by atoms with E-state index < -0.39 is 11.6 Å². The summed E-state index contributed by atoms with van der Waals surface area (Å²) in [7, 11) is 0. The van der Waals surface area contributed by atoms with Crippen LogP contribution >= 0.6 is 12.4 Å². The zero-order chi connectivity index (χ0) is 22.3. The number of para-hydroxylation sites is 1. The van der Waals surface area contributed by atoms with Gasteiger partial charge in [0.05, 0.1) is 12.7 Å². The molecule has 1 atom stereocenters. The molecular formula is C25H33ClN2O4. The van der Waals surface area contributed by atoms with Crippen LogP contribution in [0.4, 0.5) is 5.69 Å². The van der Waals surface area contributed by atoms with E-state index in [1.807, 2.05) is 67.6 Å². The van der Waals surface area contributed by atoms with Gasteiger partial charge < -0.3 is 14.7 Å². The van der Waals surface area contributed by atoms with Gasteiger partial charge in [0.25, 0.3) is 0 Å². The van der Waals surface area contributed by atoms with Crippen molar-refractivity contribution in [1.29, 1.82) is 0 Å². The quantitative estimate of drug-likeness (QED) is 0.603.